The fourth-order valence-electron chi connectivity index (χ4n) is 4.30. The van der Waals surface area contributed by atoms with Crippen molar-refractivity contribution in [3.63, 3.8) is 0 Å². The normalized spacial score (nSPS) is 16.1. The standard InChI is InChI=1S/C26H29FN4O2/c1-17-22(14-25(32)30-24-7-5-4-6-23(24)27)18(2)29-26(28-17)20-12-13-31(16-20)15-19-8-10-21(33-3)11-9-19/h4-11,20H,12-16H2,1-3H3,(H,30,32). The van der Waals surface area contributed by atoms with Crippen LogP contribution >= 0.6 is 0 Å². The first-order valence-electron chi connectivity index (χ1n) is 11.2. The Morgan fingerprint density at radius 2 is 1.82 bits per heavy atom. The molecule has 1 aliphatic rings. The van der Waals surface area contributed by atoms with E-state index in [1.54, 1.807) is 25.3 Å². The lowest BCUT2D eigenvalue weighted by Gasteiger charge is -2.17. The number of methoxy groups -OCH3 is 1. The lowest BCUT2D eigenvalue weighted by molar-refractivity contribution is -0.115. The van der Waals surface area contributed by atoms with Crippen LogP contribution in [0.4, 0.5) is 10.1 Å². The Bertz CT molecular complexity index is 1110. The minimum absolute atomic E-state index is 0.112. The largest absolute Gasteiger partial charge is 0.497 e. The zero-order valence-electron chi connectivity index (χ0n) is 19.3. The molecule has 1 N–H and O–H groups in total. The second-order valence-electron chi connectivity index (χ2n) is 8.50. The van der Waals surface area contributed by atoms with E-state index in [1.807, 2.05) is 26.0 Å². The van der Waals surface area contributed by atoms with Crippen molar-refractivity contribution < 1.29 is 13.9 Å². The SMILES string of the molecule is COc1ccc(CN2CCC(c3nc(C)c(CC(=O)Nc4ccccc4F)c(C)n3)C2)cc1. The molecule has 1 amide bonds. The Labute approximate surface area is 193 Å². The van der Waals surface area contributed by atoms with Crippen LogP contribution < -0.4 is 10.1 Å². The number of amides is 1. The van der Waals surface area contributed by atoms with E-state index >= 15 is 0 Å². The smallest absolute Gasteiger partial charge is 0.229 e. The van der Waals surface area contributed by atoms with Crippen LogP contribution in [0.15, 0.2) is 48.5 Å². The van der Waals surface area contributed by atoms with E-state index in [-0.39, 0.29) is 23.9 Å². The molecule has 0 saturated carbocycles. The average Bonchev–Trinajstić information content (AvgIpc) is 3.27. The predicted octanol–water partition coefficient (Wildman–Crippen LogP) is 4.41. The number of ether oxygens (including phenoxy) is 1. The Hall–Kier alpha value is -3.32. The topological polar surface area (TPSA) is 67.3 Å². The number of rotatable bonds is 7. The van der Waals surface area contributed by atoms with Crippen molar-refractivity contribution in [1.82, 2.24) is 14.9 Å². The van der Waals surface area contributed by atoms with Gasteiger partial charge in [-0.2, -0.15) is 0 Å². The van der Waals surface area contributed by atoms with E-state index in [9.17, 15) is 9.18 Å². The van der Waals surface area contributed by atoms with Crippen molar-refractivity contribution in [3.05, 3.63) is 82.7 Å². The van der Waals surface area contributed by atoms with Crippen LogP contribution in [0.2, 0.25) is 0 Å². The maximum Gasteiger partial charge on any atom is 0.229 e. The molecule has 1 unspecified atom stereocenters. The number of aromatic nitrogens is 2. The molecule has 33 heavy (non-hydrogen) atoms. The maximum absolute atomic E-state index is 13.8. The summed E-state index contributed by atoms with van der Waals surface area (Å²) < 4.78 is 19.1. The first kappa shape index (κ1) is 22.9. The lowest BCUT2D eigenvalue weighted by Crippen LogP contribution is -2.21. The molecule has 172 valence electrons. The van der Waals surface area contributed by atoms with Gasteiger partial charge in [0, 0.05) is 36.0 Å². The maximum atomic E-state index is 13.8. The minimum Gasteiger partial charge on any atom is -0.497 e. The quantitative estimate of drug-likeness (QED) is 0.580. The number of aryl methyl sites for hydroxylation is 2. The molecule has 0 bridgehead atoms. The van der Waals surface area contributed by atoms with Crippen LogP contribution in [0, 0.1) is 19.7 Å². The molecule has 7 heteroatoms. The molecule has 1 fully saturated rings. The molecule has 2 heterocycles. The fourth-order valence-corrected chi connectivity index (χ4v) is 4.30. The van der Waals surface area contributed by atoms with Gasteiger partial charge >= 0.3 is 0 Å². The molecule has 4 rings (SSSR count). The highest BCUT2D eigenvalue weighted by Crippen LogP contribution is 2.28. The third kappa shape index (κ3) is 5.54. The Morgan fingerprint density at radius 1 is 1.12 bits per heavy atom. The average molecular weight is 449 g/mol. The first-order chi connectivity index (χ1) is 15.9. The summed E-state index contributed by atoms with van der Waals surface area (Å²) in [7, 11) is 1.67. The van der Waals surface area contributed by atoms with Crippen molar-refractivity contribution >= 4 is 11.6 Å². The predicted molar refractivity (Wildman–Crippen MR) is 126 cm³/mol. The number of hydrogen-bond donors (Lipinski definition) is 1. The number of halogens is 1. The molecule has 3 aromatic rings. The van der Waals surface area contributed by atoms with Crippen molar-refractivity contribution in [1.29, 1.82) is 0 Å². The molecule has 0 aliphatic carbocycles. The van der Waals surface area contributed by atoms with Gasteiger partial charge in [-0.3, -0.25) is 9.69 Å². The number of likely N-dealkylation sites (tertiary alicyclic amines) is 1. The van der Waals surface area contributed by atoms with Gasteiger partial charge in [-0.25, -0.2) is 14.4 Å². The van der Waals surface area contributed by atoms with Gasteiger partial charge in [0.2, 0.25) is 5.91 Å². The van der Waals surface area contributed by atoms with Crippen molar-refractivity contribution in [2.45, 2.75) is 39.2 Å². The van der Waals surface area contributed by atoms with E-state index in [2.05, 4.69) is 22.3 Å². The zero-order chi connectivity index (χ0) is 23.4. The highest BCUT2D eigenvalue weighted by molar-refractivity contribution is 5.92. The molecular weight excluding hydrogens is 419 g/mol. The summed E-state index contributed by atoms with van der Waals surface area (Å²) >= 11 is 0. The van der Waals surface area contributed by atoms with Gasteiger partial charge < -0.3 is 10.1 Å². The van der Waals surface area contributed by atoms with Gasteiger partial charge in [0.05, 0.1) is 19.2 Å². The van der Waals surface area contributed by atoms with Gasteiger partial charge in [-0.15, -0.1) is 0 Å². The first-order valence-corrected chi connectivity index (χ1v) is 11.2. The molecular formula is C26H29FN4O2. The number of carbonyl (C=O) groups is 1. The van der Waals surface area contributed by atoms with Crippen LogP contribution in [0.3, 0.4) is 0 Å². The summed E-state index contributed by atoms with van der Waals surface area (Å²) in [5.74, 6) is 1.23. The Kier molecular flexibility index (Phi) is 6.99. The monoisotopic (exact) mass is 448 g/mol. The van der Waals surface area contributed by atoms with E-state index < -0.39 is 5.82 Å². The van der Waals surface area contributed by atoms with Gasteiger partial charge in [-0.05, 0) is 56.6 Å². The molecule has 1 saturated heterocycles. The molecule has 1 aromatic heterocycles. The molecule has 1 atom stereocenters. The minimum atomic E-state index is -0.452. The van der Waals surface area contributed by atoms with Crippen LogP contribution in [0.25, 0.3) is 0 Å². The number of para-hydroxylation sites is 1. The number of nitrogens with one attached hydrogen (secondary N) is 1. The molecule has 0 spiro atoms. The van der Waals surface area contributed by atoms with E-state index in [0.717, 1.165) is 54.6 Å². The Balaban J connectivity index is 1.39. The third-order valence-electron chi connectivity index (χ3n) is 6.13. The van der Waals surface area contributed by atoms with E-state index in [1.165, 1.54) is 11.6 Å². The van der Waals surface area contributed by atoms with Crippen molar-refractivity contribution in [2.24, 2.45) is 0 Å². The summed E-state index contributed by atoms with van der Waals surface area (Å²) in [5.41, 5.74) is 3.82. The van der Waals surface area contributed by atoms with Gasteiger partial charge in [-0.1, -0.05) is 24.3 Å². The second-order valence-corrected chi connectivity index (χ2v) is 8.50. The zero-order valence-corrected chi connectivity index (χ0v) is 19.3. The van der Waals surface area contributed by atoms with E-state index in [0.29, 0.717) is 0 Å². The number of carbonyl (C=O) groups excluding carboxylic acids is 1. The van der Waals surface area contributed by atoms with Crippen LogP contribution in [-0.2, 0) is 17.8 Å². The summed E-state index contributed by atoms with van der Waals surface area (Å²) in [6.45, 7) is 6.59. The number of hydrogen-bond acceptors (Lipinski definition) is 5. The summed E-state index contributed by atoms with van der Waals surface area (Å²) in [4.78, 5) is 24.4. The van der Waals surface area contributed by atoms with Crippen molar-refractivity contribution in [2.75, 3.05) is 25.5 Å². The number of benzene rings is 2. The van der Waals surface area contributed by atoms with Crippen molar-refractivity contribution in [3.8, 4) is 5.75 Å². The second kappa shape index (κ2) is 10.1. The summed E-state index contributed by atoms with van der Waals surface area (Å²) in [6.07, 6.45) is 1.11. The summed E-state index contributed by atoms with van der Waals surface area (Å²) in [5, 5.41) is 2.63. The highest BCUT2D eigenvalue weighted by Gasteiger charge is 2.27. The van der Waals surface area contributed by atoms with Gasteiger partial charge in [0.15, 0.2) is 0 Å². The van der Waals surface area contributed by atoms with Crippen LogP contribution in [-0.4, -0.2) is 41.0 Å². The number of anilines is 1. The van der Waals surface area contributed by atoms with E-state index in [4.69, 9.17) is 14.7 Å². The van der Waals surface area contributed by atoms with Crippen LogP contribution in [0.1, 0.15) is 40.7 Å². The molecule has 2 aromatic carbocycles. The van der Waals surface area contributed by atoms with Crippen LogP contribution in [0.5, 0.6) is 5.75 Å². The Morgan fingerprint density at radius 3 is 2.48 bits per heavy atom. The fraction of sp³-hybridized carbons (Fsp3) is 0.346. The number of nitrogens with zero attached hydrogens (tertiary/aromatic N) is 3. The highest BCUT2D eigenvalue weighted by atomic mass is 19.1. The molecule has 1 aliphatic heterocycles. The van der Waals surface area contributed by atoms with Gasteiger partial charge in [0.1, 0.15) is 17.4 Å². The molecule has 6 nitrogen and oxygen atoms in total. The molecule has 0 radical (unpaired) electrons. The summed E-state index contributed by atoms with van der Waals surface area (Å²) in [6, 6.07) is 14.3. The lowest BCUT2D eigenvalue weighted by atomic mass is 10.0. The van der Waals surface area contributed by atoms with Gasteiger partial charge in [0.25, 0.3) is 0 Å². The third-order valence-corrected chi connectivity index (χ3v) is 6.13.